The summed E-state index contributed by atoms with van der Waals surface area (Å²) in [7, 11) is 3.16. The smallest absolute Gasteiger partial charge is 0.198 e. The summed E-state index contributed by atoms with van der Waals surface area (Å²) in [4.78, 5) is 17.7. The number of carbonyl (C=O) groups is 1. The average molecular weight is 293 g/mol. The lowest BCUT2D eigenvalue weighted by Crippen LogP contribution is -2.27. The van der Waals surface area contributed by atoms with E-state index in [4.69, 9.17) is 9.47 Å². The van der Waals surface area contributed by atoms with Crippen molar-refractivity contribution in [3.05, 3.63) is 58.1 Å². The maximum atomic E-state index is 13.0. The van der Waals surface area contributed by atoms with Gasteiger partial charge in [0.1, 0.15) is 0 Å². The first-order valence-electron chi connectivity index (χ1n) is 7.23. The third-order valence-corrected chi connectivity index (χ3v) is 4.29. The molecule has 4 rings (SSSR count). The summed E-state index contributed by atoms with van der Waals surface area (Å²) in [6, 6.07) is 9.58. The molecular formula is C18H15NO3. The number of ketones is 1. The second-order valence-corrected chi connectivity index (χ2v) is 5.38. The quantitative estimate of drug-likeness (QED) is 0.730. The van der Waals surface area contributed by atoms with Gasteiger partial charge in [0.2, 0.25) is 0 Å². The molecule has 0 saturated heterocycles. The van der Waals surface area contributed by atoms with E-state index in [-0.39, 0.29) is 5.78 Å². The molecule has 0 fully saturated rings. The van der Waals surface area contributed by atoms with Crippen LogP contribution in [0, 0.1) is 0 Å². The van der Waals surface area contributed by atoms with Gasteiger partial charge in [0.05, 0.1) is 25.5 Å². The SMILES string of the molecule is COc1cc2c3c(c1OC)C(=O)c1ccccc1C3=NCC2. The summed E-state index contributed by atoms with van der Waals surface area (Å²) < 4.78 is 10.9. The van der Waals surface area contributed by atoms with Gasteiger partial charge in [-0.3, -0.25) is 9.79 Å². The largest absolute Gasteiger partial charge is 0.493 e. The van der Waals surface area contributed by atoms with Crippen LogP contribution < -0.4 is 9.47 Å². The van der Waals surface area contributed by atoms with Crippen LogP contribution in [0.3, 0.4) is 0 Å². The molecule has 4 heteroatoms. The van der Waals surface area contributed by atoms with Crippen molar-refractivity contribution in [2.45, 2.75) is 6.42 Å². The van der Waals surface area contributed by atoms with Crippen LogP contribution in [0.15, 0.2) is 35.3 Å². The van der Waals surface area contributed by atoms with Crippen LogP contribution in [0.2, 0.25) is 0 Å². The van der Waals surface area contributed by atoms with Gasteiger partial charge in [-0.1, -0.05) is 24.3 Å². The Labute approximate surface area is 128 Å². The van der Waals surface area contributed by atoms with E-state index in [0.717, 1.165) is 35.4 Å². The fourth-order valence-electron chi connectivity index (χ4n) is 3.34. The number of benzene rings is 2. The van der Waals surface area contributed by atoms with Gasteiger partial charge in [0.25, 0.3) is 0 Å². The second kappa shape index (κ2) is 4.70. The minimum absolute atomic E-state index is 0.0246. The van der Waals surface area contributed by atoms with Gasteiger partial charge in [-0.25, -0.2) is 0 Å². The van der Waals surface area contributed by atoms with Gasteiger partial charge in [0, 0.05) is 23.2 Å². The number of hydrogen-bond acceptors (Lipinski definition) is 4. The Morgan fingerprint density at radius 1 is 1.05 bits per heavy atom. The van der Waals surface area contributed by atoms with E-state index in [0.29, 0.717) is 22.6 Å². The highest BCUT2D eigenvalue weighted by molar-refractivity contribution is 6.32. The first-order chi connectivity index (χ1) is 10.8. The van der Waals surface area contributed by atoms with Crippen molar-refractivity contribution in [2.75, 3.05) is 20.8 Å². The second-order valence-electron chi connectivity index (χ2n) is 5.38. The van der Waals surface area contributed by atoms with Gasteiger partial charge >= 0.3 is 0 Å². The van der Waals surface area contributed by atoms with Crippen molar-refractivity contribution in [2.24, 2.45) is 4.99 Å². The molecule has 2 aromatic carbocycles. The highest BCUT2D eigenvalue weighted by Crippen LogP contribution is 2.42. The predicted octanol–water partition coefficient (Wildman–Crippen LogP) is 2.64. The van der Waals surface area contributed by atoms with E-state index in [2.05, 4.69) is 4.99 Å². The Morgan fingerprint density at radius 3 is 2.55 bits per heavy atom. The fraction of sp³-hybridized carbons (Fsp3) is 0.222. The summed E-state index contributed by atoms with van der Waals surface area (Å²) in [5.41, 5.74) is 5.07. The number of methoxy groups -OCH3 is 2. The van der Waals surface area contributed by atoms with Crippen molar-refractivity contribution >= 4 is 11.5 Å². The standard InChI is InChI=1S/C18H15NO3/c1-21-13-9-10-7-8-19-16-11-5-3-4-6-12(11)17(20)15(14(10)16)18(13)22-2/h3-6,9H,7-8H2,1-2H3. The molecular weight excluding hydrogens is 278 g/mol. The maximum absolute atomic E-state index is 13.0. The fourth-order valence-corrected chi connectivity index (χ4v) is 3.34. The topological polar surface area (TPSA) is 47.9 Å². The van der Waals surface area contributed by atoms with Crippen LogP contribution in [0.4, 0.5) is 0 Å². The Hall–Kier alpha value is -2.62. The van der Waals surface area contributed by atoms with Crippen LogP contribution >= 0.6 is 0 Å². The van der Waals surface area contributed by atoms with E-state index < -0.39 is 0 Å². The summed E-state index contributed by atoms with van der Waals surface area (Å²) in [6.07, 6.45) is 0.807. The van der Waals surface area contributed by atoms with Crippen molar-refractivity contribution < 1.29 is 14.3 Å². The Bertz CT molecular complexity index is 836. The lowest BCUT2D eigenvalue weighted by molar-refractivity contribution is 0.103. The maximum Gasteiger partial charge on any atom is 0.198 e. The van der Waals surface area contributed by atoms with Gasteiger partial charge in [-0.2, -0.15) is 0 Å². The van der Waals surface area contributed by atoms with E-state index >= 15 is 0 Å². The number of rotatable bonds is 2. The summed E-state index contributed by atoms with van der Waals surface area (Å²) in [5, 5.41) is 0. The lowest BCUT2D eigenvalue weighted by atomic mass is 9.79. The molecule has 0 aromatic heterocycles. The first kappa shape index (κ1) is 13.1. The molecule has 2 aromatic rings. The molecule has 0 N–H and O–H groups in total. The molecule has 0 atom stereocenters. The third kappa shape index (κ3) is 1.58. The van der Waals surface area contributed by atoms with Crippen LogP contribution in [0.5, 0.6) is 11.5 Å². The van der Waals surface area contributed by atoms with Crippen molar-refractivity contribution in [1.82, 2.24) is 0 Å². The Balaban J connectivity index is 2.12. The molecule has 22 heavy (non-hydrogen) atoms. The molecule has 1 aliphatic heterocycles. The molecule has 0 unspecified atom stereocenters. The molecule has 1 heterocycles. The van der Waals surface area contributed by atoms with Crippen molar-refractivity contribution in [3.63, 3.8) is 0 Å². The van der Waals surface area contributed by atoms with Crippen molar-refractivity contribution in [3.8, 4) is 11.5 Å². The highest BCUT2D eigenvalue weighted by Gasteiger charge is 2.35. The number of nitrogens with zero attached hydrogens (tertiary/aromatic N) is 1. The van der Waals surface area contributed by atoms with E-state index in [1.54, 1.807) is 14.2 Å². The summed E-state index contributed by atoms with van der Waals surface area (Å²) in [5.74, 6) is 1.07. The molecule has 0 amide bonds. The molecule has 0 saturated carbocycles. The number of hydrogen-bond donors (Lipinski definition) is 0. The number of fused-ring (bicyclic) bond motifs is 2. The Kier molecular flexibility index (Phi) is 2.79. The van der Waals surface area contributed by atoms with E-state index in [9.17, 15) is 4.79 Å². The number of aliphatic imine (C=N–C) groups is 1. The van der Waals surface area contributed by atoms with Gasteiger partial charge < -0.3 is 9.47 Å². The average Bonchev–Trinajstić information content (AvgIpc) is 2.58. The molecule has 1 aliphatic carbocycles. The van der Waals surface area contributed by atoms with Gasteiger partial charge in [-0.05, 0) is 18.1 Å². The van der Waals surface area contributed by atoms with Crippen LogP contribution in [0.1, 0.15) is 32.6 Å². The van der Waals surface area contributed by atoms with Crippen molar-refractivity contribution in [1.29, 1.82) is 0 Å². The van der Waals surface area contributed by atoms with Crippen LogP contribution in [-0.4, -0.2) is 32.3 Å². The molecule has 0 radical (unpaired) electrons. The minimum Gasteiger partial charge on any atom is -0.493 e. The number of carbonyl (C=O) groups excluding carboxylic acids is 1. The molecule has 4 nitrogen and oxygen atoms in total. The van der Waals surface area contributed by atoms with E-state index in [1.807, 2.05) is 30.3 Å². The Morgan fingerprint density at radius 2 is 1.82 bits per heavy atom. The zero-order chi connectivity index (χ0) is 15.3. The van der Waals surface area contributed by atoms with Crippen LogP contribution in [-0.2, 0) is 6.42 Å². The predicted molar refractivity (Wildman–Crippen MR) is 83.6 cm³/mol. The molecule has 110 valence electrons. The minimum atomic E-state index is -0.0246. The molecule has 2 aliphatic rings. The summed E-state index contributed by atoms with van der Waals surface area (Å²) >= 11 is 0. The monoisotopic (exact) mass is 293 g/mol. The lowest BCUT2D eigenvalue weighted by Gasteiger charge is -2.28. The first-order valence-corrected chi connectivity index (χ1v) is 7.23. The summed E-state index contributed by atoms with van der Waals surface area (Å²) in [6.45, 7) is 0.722. The van der Waals surface area contributed by atoms with E-state index in [1.165, 1.54) is 0 Å². The third-order valence-electron chi connectivity index (χ3n) is 4.29. The van der Waals surface area contributed by atoms with Gasteiger partial charge in [-0.15, -0.1) is 0 Å². The zero-order valence-electron chi connectivity index (χ0n) is 12.5. The normalized spacial score (nSPS) is 14.8. The van der Waals surface area contributed by atoms with Crippen LogP contribution in [0.25, 0.3) is 0 Å². The number of ether oxygens (including phenoxy) is 2. The zero-order valence-corrected chi connectivity index (χ0v) is 12.5. The molecule has 0 spiro atoms. The van der Waals surface area contributed by atoms with Gasteiger partial charge in [0.15, 0.2) is 17.3 Å². The highest BCUT2D eigenvalue weighted by atomic mass is 16.5. The molecule has 0 bridgehead atoms.